The van der Waals surface area contributed by atoms with Crippen LogP contribution in [0.25, 0.3) is 16.3 Å². The van der Waals surface area contributed by atoms with Gasteiger partial charge in [-0.2, -0.15) is 0 Å². The van der Waals surface area contributed by atoms with E-state index in [-0.39, 0.29) is 5.78 Å². The molecule has 0 aliphatic heterocycles. The summed E-state index contributed by atoms with van der Waals surface area (Å²) in [5.41, 5.74) is 2.81. The first kappa shape index (κ1) is 16.4. The van der Waals surface area contributed by atoms with Gasteiger partial charge in [-0.05, 0) is 45.5 Å². The van der Waals surface area contributed by atoms with E-state index < -0.39 is 0 Å². The standard InChI is InChI=1S/C22H17BrO/c1-16(23)19(17-8-3-2-4-9-17)14-15-22(24)21-13-7-11-18-10-5-6-12-20(18)21/h2-15H,1H3/b15-14+,19-16+. The molecule has 0 N–H and O–H groups in total. The van der Waals surface area contributed by atoms with E-state index in [2.05, 4.69) is 15.9 Å². The van der Waals surface area contributed by atoms with Gasteiger partial charge in [0.2, 0.25) is 0 Å². The number of carbonyl (C=O) groups is 1. The zero-order chi connectivity index (χ0) is 16.9. The number of rotatable bonds is 4. The van der Waals surface area contributed by atoms with Crippen molar-refractivity contribution in [3.63, 3.8) is 0 Å². The van der Waals surface area contributed by atoms with Gasteiger partial charge in [0.05, 0.1) is 0 Å². The summed E-state index contributed by atoms with van der Waals surface area (Å²) in [6, 6.07) is 23.8. The summed E-state index contributed by atoms with van der Waals surface area (Å²) in [5, 5.41) is 2.06. The minimum absolute atomic E-state index is 0.00832. The van der Waals surface area contributed by atoms with Crippen LogP contribution in [0.3, 0.4) is 0 Å². The SMILES string of the molecule is C/C(Br)=C(/C=C/C(=O)c1cccc2ccccc12)c1ccccc1. The molecule has 0 saturated heterocycles. The predicted octanol–water partition coefficient (Wildman–Crippen LogP) is 6.40. The first-order valence-corrected chi connectivity index (χ1v) is 8.58. The molecule has 0 amide bonds. The first-order chi connectivity index (χ1) is 11.7. The minimum atomic E-state index is 0.00832. The number of hydrogen-bond acceptors (Lipinski definition) is 1. The first-order valence-electron chi connectivity index (χ1n) is 7.79. The molecule has 0 radical (unpaired) electrons. The van der Waals surface area contributed by atoms with E-state index in [4.69, 9.17) is 0 Å². The Morgan fingerprint density at radius 2 is 1.50 bits per heavy atom. The van der Waals surface area contributed by atoms with Crippen molar-refractivity contribution in [2.24, 2.45) is 0 Å². The van der Waals surface area contributed by atoms with Crippen LogP contribution in [0.15, 0.2) is 89.4 Å². The van der Waals surface area contributed by atoms with Gasteiger partial charge >= 0.3 is 0 Å². The molecule has 0 aliphatic rings. The van der Waals surface area contributed by atoms with Crippen LogP contribution >= 0.6 is 15.9 Å². The maximum atomic E-state index is 12.7. The van der Waals surface area contributed by atoms with Crippen molar-refractivity contribution in [1.29, 1.82) is 0 Å². The van der Waals surface area contributed by atoms with Crippen LogP contribution < -0.4 is 0 Å². The summed E-state index contributed by atoms with van der Waals surface area (Å²) in [6.45, 7) is 1.98. The number of fused-ring (bicyclic) bond motifs is 1. The molecule has 0 bridgehead atoms. The fourth-order valence-corrected chi connectivity index (χ4v) is 3.08. The molecule has 24 heavy (non-hydrogen) atoms. The van der Waals surface area contributed by atoms with Crippen molar-refractivity contribution in [2.45, 2.75) is 6.92 Å². The maximum absolute atomic E-state index is 12.7. The Bertz CT molecular complexity index is 927. The summed E-state index contributed by atoms with van der Waals surface area (Å²) >= 11 is 3.54. The van der Waals surface area contributed by atoms with Crippen molar-refractivity contribution in [3.05, 3.63) is 101 Å². The molecule has 2 heteroatoms. The number of halogens is 1. The summed E-state index contributed by atoms with van der Waals surface area (Å²) in [6.07, 6.45) is 3.53. The van der Waals surface area contributed by atoms with E-state index >= 15 is 0 Å². The molecule has 0 aromatic heterocycles. The van der Waals surface area contributed by atoms with Crippen LogP contribution in [0.1, 0.15) is 22.8 Å². The summed E-state index contributed by atoms with van der Waals surface area (Å²) in [5.74, 6) is 0.00832. The fourth-order valence-electron chi connectivity index (χ4n) is 2.72. The van der Waals surface area contributed by atoms with E-state index in [0.717, 1.165) is 32.0 Å². The van der Waals surface area contributed by atoms with Gasteiger partial charge in [-0.1, -0.05) is 88.7 Å². The third kappa shape index (κ3) is 3.55. The molecule has 0 fully saturated rings. The van der Waals surface area contributed by atoms with E-state index in [1.165, 1.54) is 0 Å². The van der Waals surface area contributed by atoms with Crippen LogP contribution in [-0.2, 0) is 0 Å². The molecular weight excluding hydrogens is 360 g/mol. The summed E-state index contributed by atoms with van der Waals surface area (Å²) in [4.78, 5) is 12.7. The highest BCUT2D eigenvalue weighted by atomic mass is 79.9. The topological polar surface area (TPSA) is 17.1 Å². The molecule has 3 aromatic rings. The van der Waals surface area contributed by atoms with Gasteiger partial charge in [-0.3, -0.25) is 4.79 Å². The highest BCUT2D eigenvalue weighted by Crippen LogP contribution is 2.25. The highest BCUT2D eigenvalue weighted by molar-refractivity contribution is 9.11. The monoisotopic (exact) mass is 376 g/mol. The maximum Gasteiger partial charge on any atom is 0.186 e. The average Bonchev–Trinajstić information content (AvgIpc) is 2.62. The molecule has 0 aliphatic carbocycles. The van der Waals surface area contributed by atoms with Gasteiger partial charge in [0.1, 0.15) is 0 Å². The molecule has 3 rings (SSSR count). The lowest BCUT2D eigenvalue weighted by molar-refractivity contribution is 0.104. The molecule has 3 aromatic carbocycles. The Kier molecular flexibility index (Phi) is 5.07. The van der Waals surface area contributed by atoms with Crippen LogP contribution in [0.2, 0.25) is 0 Å². The number of ketones is 1. The largest absolute Gasteiger partial charge is 0.289 e. The Hall–Kier alpha value is -2.45. The molecule has 0 saturated carbocycles. The van der Waals surface area contributed by atoms with Crippen LogP contribution in [0, 0.1) is 0 Å². The Morgan fingerprint density at radius 1 is 0.833 bits per heavy atom. The van der Waals surface area contributed by atoms with E-state index in [1.54, 1.807) is 6.08 Å². The van der Waals surface area contributed by atoms with E-state index in [0.29, 0.717) is 0 Å². The lowest BCUT2D eigenvalue weighted by Crippen LogP contribution is -1.96. The molecule has 0 spiro atoms. The van der Waals surface area contributed by atoms with Crippen molar-refractivity contribution >= 4 is 38.1 Å². The van der Waals surface area contributed by atoms with Crippen LogP contribution in [0.5, 0.6) is 0 Å². The second-order valence-corrected chi connectivity index (χ2v) is 6.73. The average molecular weight is 377 g/mol. The zero-order valence-electron chi connectivity index (χ0n) is 13.4. The second-order valence-electron chi connectivity index (χ2n) is 5.54. The molecule has 0 heterocycles. The van der Waals surface area contributed by atoms with Crippen molar-refractivity contribution < 1.29 is 4.79 Å². The molecule has 0 unspecified atom stereocenters. The van der Waals surface area contributed by atoms with Gasteiger partial charge in [0.25, 0.3) is 0 Å². The third-order valence-corrected chi connectivity index (χ3v) is 4.34. The van der Waals surface area contributed by atoms with Crippen molar-refractivity contribution in [2.75, 3.05) is 0 Å². The molecular formula is C22H17BrO. The highest BCUT2D eigenvalue weighted by Gasteiger charge is 2.07. The Morgan fingerprint density at radius 3 is 2.25 bits per heavy atom. The lowest BCUT2D eigenvalue weighted by Gasteiger charge is -2.05. The lowest BCUT2D eigenvalue weighted by atomic mass is 9.99. The van der Waals surface area contributed by atoms with Crippen LogP contribution in [0.4, 0.5) is 0 Å². The fraction of sp³-hybridized carbons (Fsp3) is 0.0455. The summed E-state index contributed by atoms with van der Waals surface area (Å²) < 4.78 is 0.996. The normalized spacial score (nSPS) is 12.4. The van der Waals surface area contributed by atoms with Gasteiger partial charge < -0.3 is 0 Å². The molecule has 1 nitrogen and oxygen atoms in total. The minimum Gasteiger partial charge on any atom is -0.289 e. The van der Waals surface area contributed by atoms with Gasteiger partial charge in [-0.25, -0.2) is 0 Å². The summed E-state index contributed by atoms with van der Waals surface area (Å²) in [7, 11) is 0. The van der Waals surface area contributed by atoms with Crippen molar-refractivity contribution in [1.82, 2.24) is 0 Å². The van der Waals surface area contributed by atoms with Crippen LogP contribution in [-0.4, -0.2) is 5.78 Å². The van der Waals surface area contributed by atoms with E-state index in [1.807, 2.05) is 85.8 Å². The predicted molar refractivity (Wildman–Crippen MR) is 105 cm³/mol. The van der Waals surface area contributed by atoms with Gasteiger partial charge in [0.15, 0.2) is 5.78 Å². The molecule has 118 valence electrons. The number of allylic oxidation sites excluding steroid dienone is 4. The Labute approximate surface area is 150 Å². The van der Waals surface area contributed by atoms with E-state index in [9.17, 15) is 4.79 Å². The molecule has 0 atom stereocenters. The third-order valence-electron chi connectivity index (χ3n) is 3.91. The number of carbonyl (C=O) groups excluding carboxylic acids is 1. The zero-order valence-corrected chi connectivity index (χ0v) is 15.0. The van der Waals surface area contributed by atoms with Gasteiger partial charge in [0, 0.05) is 5.56 Å². The quantitative estimate of drug-likeness (QED) is 0.292. The van der Waals surface area contributed by atoms with Crippen molar-refractivity contribution in [3.8, 4) is 0 Å². The Balaban J connectivity index is 1.96. The number of benzene rings is 3. The van der Waals surface area contributed by atoms with Gasteiger partial charge in [-0.15, -0.1) is 0 Å². The second kappa shape index (κ2) is 7.41. The smallest absolute Gasteiger partial charge is 0.186 e. The number of hydrogen-bond donors (Lipinski definition) is 0.